The monoisotopic (exact) mass is 1390 g/mol. The van der Waals surface area contributed by atoms with Crippen LogP contribution in [0.4, 0.5) is 0 Å². The van der Waals surface area contributed by atoms with Gasteiger partial charge in [0, 0.05) is 33.4 Å². The minimum atomic E-state index is -2.41. The lowest BCUT2D eigenvalue weighted by molar-refractivity contribution is -0.239. The van der Waals surface area contributed by atoms with Gasteiger partial charge < -0.3 is 38.3 Å². The van der Waals surface area contributed by atoms with Gasteiger partial charge in [-0.2, -0.15) is 0 Å². The van der Waals surface area contributed by atoms with Crippen LogP contribution in [0.2, 0.25) is 0 Å². The SMILES string of the molecule is COC(=O)[C@@]1(C)CC[C@@]2(C)CC[C@]3(C)[C@H]4CCc5c(cc6c(c5C)O[C@H]5c7c(cc8c(c7C)O[C@@]7(O)C(=O)C=C9C(=CC=C%10[C@@]9(C)CC[C@]9(C)[C@H]%11C[C@](C)(C(=O)OC)CC[C@@]%11(C)CC[C@@]%109C)[C@@]7(C)O8)[C@@]7(C)CC[C@]8(C)[C@@H]9C[C@](C)(C(=O)OC)CC[C@]9(C)CC[C@]8(C)[C@@H]7[C@H]5O6)[C@@]4(C)CC[C@@]3(C)[C@@H]2C1. The van der Waals surface area contributed by atoms with Gasteiger partial charge >= 0.3 is 23.7 Å². The summed E-state index contributed by atoms with van der Waals surface area (Å²) in [5, 5.41) is 13.6. The second-order valence-electron chi connectivity index (χ2n) is 41.8. The highest BCUT2D eigenvalue weighted by atomic mass is 16.7. The Kier molecular flexibility index (Phi) is 14.2. The van der Waals surface area contributed by atoms with Gasteiger partial charge in [-0.15, -0.1) is 0 Å². The number of carbonyl (C=O) groups is 4. The molecular formula is C90H122O12. The number of ketones is 1. The predicted molar refractivity (Wildman–Crippen MR) is 393 cm³/mol. The summed E-state index contributed by atoms with van der Waals surface area (Å²) in [4.78, 5) is 57.0. The third kappa shape index (κ3) is 8.03. The molecule has 24 atom stereocenters. The van der Waals surface area contributed by atoms with Crippen LogP contribution in [-0.4, -0.2) is 67.6 Å². The van der Waals surface area contributed by atoms with Gasteiger partial charge in [0.15, 0.2) is 29.1 Å². The summed E-state index contributed by atoms with van der Waals surface area (Å²) in [5.41, 5.74) is 4.98. The van der Waals surface area contributed by atoms with Crippen LogP contribution >= 0.6 is 0 Å². The maximum absolute atomic E-state index is 15.7. The summed E-state index contributed by atoms with van der Waals surface area (Å²) in [6.07, 6.45) is 27.4. The molecule has 0 unspecified atom stereocenters. The minimum Gasteiger partial charge on any atom is -0.482 e. The Labute approximate surface area is 609 Å². The number of carbonyl (C=O) groups excluding carboxylic acids is 4. The molecule has 17 rings (SSSR count). The average molecular weight is 1400 g/mol. The first-order valence-corrected chi connectivity index (χ1v) is 40.2. The largest absolute Gasteiger partial charge is 0.482 e. The second-order valence-corrected chi connectivity index (χ2v) is 41.8. The van der Waals surface area contributed by atoms with Crippen molar-refractivity contribution in [1.29, 1.82) is 0 Å². The van der Waals surface area contributed by atoms with Crippen LogP contribution in [0, 0.1) is 114 Å². The molecule has 9 fully saturated rings. The van der Waals surface area contributed by atoms with E-state index in [0.717, 1.165) is 180 Å². The van der Waals surface area contributed by atoms with Crippen molar-refractivity contribution < 1.29 is 57.4 Å². The fourth-order valence-electron chi connectivity index (χ4n) is 30.3. The molecule has 2 aromatic carbocycles. The highest BCUT2D eigenvalue weighted by Gasteiger charge is 2.76. The number of aliphatic hydroxyl groups is 1. The molecule has 0 amide bonds. The summed E-state index contributed by atoms with van der Waals surface area (Å²) >= 11 is 0. The first-order valence-electron chi connectivity index (χ1n) is 40.2. The fourth-order valence-corrected chi connectivity index (χ4v) is 30.3. The number of ether oxygens (including phenoxy) is 7. The smallest absolute Gasteiger partial charge is 0.317 e. The minimum absolute atomic E-state index is 0.0383. The topological polar surface area (TPSA) is 153 Å². The summed E-state index contributed by atoms with van der Waals surface area (Å²) < 4.78 is 47.8. The number of allylic oxidation sites excluding steroid dienone is 3. The molecule has 0 saturated heterocycles. The summed E-state index contributed by atoms with van der Waals surface area (Å²) in [6, 6.07) is 4.71. The molecule has 12 heteroatoms. The molecule has 554 valence electrons. The molecule has 12 nitrogen and oxygen atoms in total. The van der Waals surface area contributed by atoms with Crippen LogP contribution in [0.15, 0.2) is 47.1 Å². The number of esters is 3. The van der Waals surface area contributed by atoms with Crippen LogP contribution in [0.25, 0.3) is 0 Å². The molecule has 9 saturated carbocycles. The van der Waals surface area contributed by atoms with Crippen molar-refractivity contribution in [2.24, 2.45) is 100.0 Å². The van der Waals surface area contributed by atoms with Crippen molar-refractivity contribution in [1.82, 2.24) is 0 Å². The fraction of sp³-hybridized carbons (Fsp3) is 0.756. The lowest BCUT2D eigenvalue weighted by Gasteiger charge is -2.73. The molecule has 0 aromatic heterocycles. The van der Waals surface area contributed by atoms with E-state index in [9.17, 15) is 19.5 Å². The van der Waals surface area contributed by atoms with Gasteiger partial charge in [0.05, 0.1) is 37.6 Å². The number of hydrogen-bond donors (Lipinski definition) is 1. The Bertz CT molecular complexity index is 4200. The maximum atomic E-state index is 15.7. The predicted octanol–water partition coefficient (Wildman–Crippen LogP) is 19.3. The lowest BCUT2D eigenvalue weighted by Crippen LogP contribution is -2.70. The Morgan fingerprint density at radius 3 is 1.53 bits per heavy atom. The average Bonchev–Trinajstić information content (AvgIpc) is 0.669. The standard InChI is InChI=1S/C90H122O12/c1-50-52-22-24-59-80(9,35-41-85(14)61-47-77(6,71(92)96-19)29-26-74(61,3)32-38-83(59,85)12)54(52)44-57-66(50)100-68-65-51(2)67-58(45-56(65)82(11)37-43-87(16)63-49-79(8,73(94)98-21)31-28-76(63,5)34-40-88(87,17)70(82)69(68)99-57)101-89(18)53-23-25-60-81(10,55(53)46-64(91)90(89,95)102-67)36-42-86(15)62-48-78(7,72(93)97-20)30-27-75(62,4)33-39-84(60,86)13/h23,25,44-46,59,61-63,68-70,95H,22,24,26-43,47-49H2,1-21H3/t59-,61+,62-,63+,68-,69-,70+,74-,75-,76+,77-,78+,79+,80+,81-,82+,83+,84-,85-,86+,87+,88+,89+,90-/m0/s1. The summed E-state index contributed by atoms with van der Waals surface area (Å²) in [7, 11) is 4.66. The molecule has 13 aliphatic carbocycles. The van der Waals surface area contributed by atoms with Gasteiger partial charge in [-0.1, -0.05) is 101 Å². The van der Waals surface area contributed by atoms with Crippen LogP contribution in [-0.2, 0) is 50.6 Å². The number of hydrogen-bond acceptors (Lipinski definition) is 12. The van der Waals surface area contributed by atoms with E-state index >= 15 is 4.79 Å². The Balaban J connectivity index is 0.782. The van der Waals surface area contributed by atoms with Gasteiger partial charge in [0.1, 0.15) is 6.10 Å². The van der Waals surface area contributed by atoms with Crippen molar-refractivity contribution in [3.8, 4) is 23.0 Å². The van der Waals surface area contributed by atoms with Gasteiger partial charge in [0.25, 0.3) is 0 Å². The van der Waals surface area contributed by atoms with Crippen molar-refractivity contribution in [3.05, 3.63) is 80.5 Å². The van der Waals surface area contributed by atoms with Crippen molar-refractivity contribution in [3.63, 3.8) is 0 Å². The molecule has 0 spiro atoms. The molecule has 1 N–H and O–H groups in total. The lowest BCUT2D eigenvalue weighted by atomic mass is 9.32. The number of fused-ring (bicyclic) bond motifs is 28. The first-order chi connectivity index (χ1) is 47.5. The highest BCUT2D eigenvalue weighted by molar-refractivity contribution is 6.02. The molecule has 102 heavy (non-hydrogen) atoms. The van der Waals surface area contributed by atoms with Crippen molar-refractivity contribution in [2.75, 3.05) is 21.3 Å². The molecule has 2 aromatic rings. The van der Waals surface area contributed by atoms with Crippen LogP contribution in [0.3, 0.4) is 0 Å². The Morgan fingerprint density at radius 1 is 0.480 bits per heavy atom. The van der Waals surface area contributed by atoms with E-state index in [-0.39, 0.29) is 83.9 Å². The van der Waals surface area contributed by atoms with Crippen LogP contribution in [0.1, 0.15) is 292 Å². The third-order valence-corrected chi connectivity index (χ3v) is 37.8. The van der Waals surface area contributed by atoms with E-state index in [1.165, 1.54) is 36.7 Å². The highest BCUT2D eigenvalue weighted by Crippen LogP contribution is 2.81. The quantitative estimate of drug-likeness (QED) is 0.230. The summed E-state index contributed by atoms with van der Waals surface area (Å²) in [6.45, 7) is 43.1. The number of benzene rings is 2. The molecule has 0 bridgehead atoms. The van der Waals surface area contributed by atoms with Gasteiger partial charge in [-0.25, -0.2) is 0 Å². The first kappa shape index (κ1) is 69.9. The molecule has 2 heterocycles. The van der Waals surface area contributed by atoms with Gasteiger partial charge in [0.2, 0.25) is 11.4 Å². The Morgan fingerprint density at radius 2 is 0.961 bits per heavy atom. The normalized spacial score (nSPS) is 50.7. The van der Waals surface area contributed by atoms with E-state index in [1.807, 2.05) is 6.92 Å². The van der Waals surface area contributed by atoms with E-state index in [0.29, 0.717) is 29.3 Å². The third-order valence-electron chi connectivity index (χ3n) is 37.8. The zero-order valence-corrected chi connectivity index (χ0v) is 66.1. The second kappa shape index (κ2) is 20.8. The van der Waals surface area contributed by atoms with E-state index in [1.54, 1.807) is 20.3 Å². The Hall–Kier alpha value is -5.10. The van der Waals surface area contributed by atoms with Gasteiger partial charge in [-0.05, 0) is 313 Å². The van der Waals surface area contributed by atoms with Gasteiger partial charge in [-0.3, -0.25) is 19.2 Å². The van der Waals surface area contributed by atoms with E-state index in [2.05, 4.69) is 142 Å². The van der Waals surface area contributed by atoms with Crippen molar-refractivity contribution >= 4 is 23.7 Å². The van der Waals surface area contributed by atoms with Crippen LogP contribution in [0.5, 0.6) is 23.0 Å². The van der Waals surface area contributed by atoms with E-state index < -0.39 is 56.5 Å². The summed E-state index contributed by atoms with van der Waals surface area (Å²) in [5.74, 6) is 0.641. The van der Waals surface area contributed by atoms with E-state index in [4.69, 9.17) is 33.2 Å². The zero-order valence-electron chi connectivity index (χ0n) is 66.1. The zero-order chi connectivity index (χ0) is 73.1. The molecule has 0 radical (unpaired) electrons. The maximum Gasteiger partial charge on any atom is 0.317 e. The molecular weight excluding hydrogens is 1270 g/mol. The number of rotatable bonds is 3. The molecule has 15 aliphatic rings. The molecule has 2 aliphatic heterocycles. The van der Waals surface area contributed by atoms with Crippen LogP contribution < -0.4 is 18.9 Å². The number of methoxy groups -OCH3 is 3. The van der Waals surface area contributed by atoms with Crippen molar-refractivity contribution in [2.45, 2.75) is 307 Å².